The predicted molar refractivity (Wildman–Crippen MR) is 84.3 cm³/mol. The van der Waals surface area contributed by atoms with Gasteiger partial charge in [0.05, 0.1) is 10.0 Å². The van der Waals surface area contributed by atoms with Crippen molar-refractivity contribution in [2.24, 2.45) is 0 Å². The number of nitrogens with zero attached hydrogens (tertiary/aromatic N) is 1. The number of fused-ring (bicyclic) bond motifs is 1. The number of rotatable bonds is 1. The summed E-state index contributed by atoms with van der Waals surface area (Å²) in [5, 5.41) is 0. The average molecular weight is 381 g/mol. The Kier molecular flexibility index (Phi) is 3.23. The van der Waals surface area contributed by atoms with Gasteiger partial charge in [-0.2, -0.15) is 0 Å². The van der Waals surface area contributed by atoms with E-state index < -0.39 is 0 Å². The molecule has 0 N–H and O–H groups in total. The Morgan fingerprint density at radius 1 is 1.11 bits per heavy atom. The maximum absolute atomic E-state index is 5.91. The highest BCUT2D eigenvalue weighted by Crippen LogP contribution is 2.35. The normalized spacial score (nSPS) is 11.2. The summed E-state index contributed by atoms with van der Waals surface area (Å²) in [5.41, 5.74) is 5.02. The second-order valence-corrected chi connectivity index (χ2v) is 6.13. The van der Waals surface area contributed by atoms with Crippen LogP contribution >= 0.6 is 31.9 Å². The Morgan fingerprint density at radius 2 is 1.84 bits per heavy atom. The molecule has 0 aliphatic heterocycles. The third-order valence-corrected chi connectivity index (χ3v) is 4.88. The molecule has 2 nitrogen and oxygen atoms in total. The monoisotopic (exact) mass is 379 g/mol. The predicted octanol–water partition coefficient (Wildman–Crippen LogP) is 5.64. The van der Waals surface area contributed by atoms with Gasteiger partial charge in [0.15, 0.2) is 5.58 Å². The second-order valence-electron chi connectivity index (χ2n) is 4.48. The number of aromatic nitrogens is 1. The first kappa shape index (κ1) is 12.9. The van der Waals surface area contributed by atoms with Crippen LogP contribution in [-0.4, -0.2) is 4.98 Å². The van der Waals surface area contributed by atoms with Gasteiger partial charge in [-0.1, -0.05) is 12.1 Å². The summed E-state index contributed by atoms with van der Waals surface area (Å²) in [6.07, 6.45) is 0. The van der Waals surface area contributed by atoms with E-state index >= 15 is 0 Å². The summed E-state index contributed by atoms with van der Waals surface area (Å²) >= 11 is 7.12. The van der Waals surface area contributed by atoms with Crippen LogP contribution in [0.4, 0.5) is 0 Å². The first-order valence-corrected chi connectivity index (χ1v) is 7.47. The maximum Gasteiger partial charge on any atom is 0.228 e. The highest BCUT2D eigenvalue weighted by atomic mass is 79.9. The van der Waals surface area contributed by atoms with E-state index in [9.17, 15) is 0 Å². The molecule has 0 fully saturated rings. The van der Waals surface area contributed by atoms with Crippen LogP contribution in [-0.2, 0) is 0 Å². The van der Waals surface area contributed by atoms with E-state index in [-0.39, 0.29) is 0 Å². The number of hydrogen-bond acceptors (Lipinski definition) is 2. The highest BCUT2D eigenvalue weighted by molar-refractivity contribution is 9.11. The first-order chi connectivity index (χ1) is 9.08. The first-order valence-electron chi connectivity index (χ1n) is 5.89. The lowest BCUT2D eigenvalue weighted by atomic mass is 10.1. The molecule has 0 radical (unpaired) electrons. The molecule has 96 valence electrons. The van der Waals surface area contributed by atoms with E-state index in [1.165, 1.54) is 11.1 Å². The molecule has 0 saturated carbocycles. The molecule has 0 unspecified atom stereocenters. The fourth-order valence-electron chi connectivity index (χ4n) is 1.99. The summed E-state index contributed by atoms with van der Waals surface area (Å²) in [6, 6.07) is 9.97. The van der Waals surface area contributed by atoms with Crippen molar-refractivity contribution in [1.82, 2.24) is 4.98 Å². The van der Waals surface area contributed by atoms with E-state index in [2.05, 4.69) is 56.8 Å². The zero-order chi connectivity index (χ0) is 13.6. The summed E-state index contributed by atoms with van der Waals surface area (Å²) in [6.45, 7) is 4.14. The standard InChI is InChI=1S/C15H11Br2NO/c1-8-7-12-14(13(17)9(8)2)19-15(18-12)10-5-3-4-6-11(10)16/h3-7H,1-2H3. The molecule has 4 heteroatoms. The fraction of sp³-hybridized carbons (Fsp3) is 0.133. The van der Waals surface area contributed by atoms with Crippen LogP contribution in [0.5, 0.6) is 0 Å². The number of aryl methyl sites for hydroxylation is 1. The van der Waals surface area contributed by atoms with E-state index in [0.29, 0.717) is 5.89 Å². The molecule has 2 aromatic carbocycles. The van der Waals surface area contributed by atoms with Gasteiger partial charge in [-0.3, -0.25) is 0 Å². The van der Waals surface area contributed by atoms with Crippen molar-refractivity contribution in [2.45, 2.75) is 13.8 Å². The van der Waals surface area contributed by atoms with Crippen LogP contribution in [0.15, 0.2) is 43.7 Å². The molecule has 0 amide bonds. The molecule has 0 aliphatic carbocycles. The molecule has 19 heavy (non-hydrogen) atoms. The Bertz CT molecular complexity index is 777. The van der Waals surface area contributed by atoms with Crippen molar-refractivity contribution >= 4 is 43.0 Å². The van der Waals surface area contributed by atoms with Crippen molar-refractivity contribution in [1.29, 1.82) is 0 Å². The van der Waals surface area contributed by atoms with Gasteiger partial charge in [-0.15, -0.1) is 0 Å². The van der Waals surface area contributed by atoms with Crippen molar-refractivity contribution in [2.75, 3.05) is 0 Å². The third kappa shape index (κ3) is 2.13. The highest BCUT2D eigenvalue weighted by Gasteiger charge is 2.15. The Morgan fingerprint density at radius 3 is 2.58 bits per heavy atom. The zero-order valence-electron chi connectivity index (χ0n) is 10.5. The molecular formula is C15H11Br2NO. The molecular weight excluding hydrogens is 370 g/mol. The molecule has 0 saturated heterocycles. The average Bonchev–Trinajstić information content (AvgIpc) is 2.80. The van der Waals surface area contributed by atoms with Gasteiger partial charge in [0.2, 0.25) is 5.89 Å². The smallest absolute Gasteiger partial charge is 0.228 e. The summed E-state index contributed by atoms with van der Waals surface area (Å²) in [4.78, 5) is 4.58. The molecule has 1 aromatic heterocycles. The molecule has 0 aliphatic rings. The second kappa shape index (κ2) is 4.76. The van der Waals surface area contributed by atoms with Gasteiger partial charge in [-0.05, 0) is 75.0 Å². The molecule has 3 aromatic rings. The maximum atomic E-state index is 5.91. The van der Waals surface area contributed by atoms with Gasteiger partial charge in [-0.25, -0.2) is 4.98 Å². The van der Waals surface area contributed by atoms with Gasteiger partial charge in [0.1, 0.15) is 5.52 Å². The lowest BCUT2D eigenvalue weighted by Crippen LogP contribution is -1.83. The molecule has 3 rings (SSSR count). The van der Waals surface area contributed by atoms with E-state index in [1.807, 2.05) is 24.3 Å². The molecule has 0 bridgehead atoms. The minimum absolute atomic E-state index is 0.633. The quantitative estimate of drug-likeness (QED) is 0.546. The van der Waals surface area contributed by atoms with Crippen LogP contribution < -0.4 is 0 Å². The number of halogens is 2. The molecule has 0 spiro atoms. The summed E-state index contributed by atoms with van der Waals surface area (Å²) < 4.78 is 7.87. The van der Waals surface area contributed by atoms with E-state index in [1.54, 1.807) is 0 Å². The van der Waals surface area contributed by atoms with E-state index in [0.717, 1.165) is 25.6 Å². The Hall–Kier alpha value is -1.13. The van der Waals surface area contributed by atoms with Crippen molar-refractivity contribution in [3.05, 3.63) is 50.4 Å². The topological polar surface area (TPSA) is 26.0 Å². The van der Waals surface area contributed by atoms with Gasteiger partial charge in [0.25, 0.3) is 0 Å². The summed E-state index contributed by atoms with van der Waals surface area (Å²) in [7, 11) is 0. The minimum Gasteiger partial charge on any atom is -0.435 e. The summed E-state index contributed by atoms with van der Waals surface area (Å²) in [5.74, 6) is 0.633. The molecule has 0 atom stereocenters. The van der Waals surface area contributed by atoms with Crippen LogP contribution in [0.3, 0.4) is 0 Å². The van der Waals surface area contributed by atoms with Crippen LogP contribution in [0.2, 0.25) is 0 Å². The number of benzene rings is 2. The van der Waals surface area contributed by atoms with Gasteiger partial charge >= 0.3 is 0 Å². The fourth-order valence-corrected chi connectivity index (χ4v) is 3.04. The van der Waals surface area contributed by atoms with Crippen molar-refractivity contribution in [3.63, 3.8) is 0 Å². The van der Waals surface area contributed by atoms with Gasteiger partial charge < -0.3 is 4.42 Å². The lowest BCUT2D eigenvalue weighted by molar-refractivity contribution is 0.617. The molecule has 1 heterocycles. The zero-order valence-corrected chi connectivity index (χ0v) is 13.7. The minimum atomic E-state index is 0.633. The largest absolute Gasteiger partial charge is 0.435 e. The van der Waals surface area contributed by atoms with Crippen LogP contribution in [0.1, 0.15) is 11.1 Å². The number of oxazole rings is 1. The van der Waals surface area contributed by atoms with Crippen molar-refractivity contribution < 1.29 is 4.42 Å². The van der Waals surface area contributed by atoms with Crippen molar-refractivity contribution in [3.8, 4) is 11.5 Å². The van der Waals surface area contributed by atoms with E-state index in [4.69, 9.17) is 4.42 Å². The Balaban J connectivity index is 2.29. The number of hydrogen-bond donors (Lipinski definition) is 0. The van der Waals surface area contributed by atoms with Crippen LogP contribution in [0, 0.1) is 13.8 Å². The van der Waals surface area contributed by atoms with Crippen LogP contribution in [0.25, 0.3) is 22.6 Å². The Labute approximate surface area is 128 Å². The van der Waals surface area contributed by atoms with Gasteiger partial charge in [0, 0.05) is 4.47 Å². The lowest BCUT2D eigenvalue weighted by Gasteiger charge is -2.01. The SMILES string of the molecule is Cc1cc2nc(-c3ccccc3Br)oc2c(Br)c1C. The third-order valence-electron chi connectivity index (χ3n) is 3.23.